The molecule has 0 amide bonds. The van der Waals surface area contributed by atoms with E-state index in [4.69, 9.17) is 10.2 Å². The number of hydrogen-bond donors (Lipinski definition) is 2. The van der Waals surface area contributed by atoms with Gasteiger partial charge in [-0.3, -0.25) is 0 Å². The standard InChI is InChI=1S/C4H6O2.C3H4O2/c1-2-3-4(5)6;1-2-3(4)5/h2-3H,1H3,(H,5,6);2H,1H2,(H,4,5)/b3-2+;. The zero-order valence-electron chi connectivity index (χ0n) is 6.15. The number of carboxylic acid groups (broad SMARTS) is 2. The smallest absolute Gasteiger partial charge is 0.327 e. The van der Waals surface area contributed by atoms with Crippen molar-refractivity contribution in [3.8, 4) is 0 Å². The Bertz CT molecular complexity index is 169. The van der Waals surface area contributed by atoms with E-state index in [1.54, 1.807) is 6.92 Å². The molecule has 0 aromatic rings. The summed E-state index contributed by atoms with van der Waals surface area (Å²) in [6.45, 7) is 4.62. The third kappa shape index (κ3) is 29.7. The summed E-state index contributed by atoms with van der Waals surface area (Å²) in [6.07, 6.45) is 3.39. The summed E-state index contributed by atoms with van der Waals surface area (Å²) in [5, 5.41) is 15.4. The van der Waals surface area contributed by atoms with Gasteiger partial charge in [-0.05, 0) is 6.92 Å². The quantitative estimate of drug-likeness (QED) is 0.585. The van der Waals surface area contributed by atoms with E-state index >= 15 is 0 Å². The van der Waals surface area contributed by atoms with Crippen molar-refractivity contribution in [1.29, 1.82) is 0 Å². The number of carboxylic acids is 2. The highest BCUT2D eigenvalue weighted by atomic mass is 16.4. The first-order chi connectivity index (χ1) is 5.04. The summed E-state index contributed by atoms with van der Waals surface area (Å²) in [5.74, 6) is -1.87. The van der Waals surface area contributed by atoms with Crippen LogP contribution >= 0.6 is 0 Å². The molecular weight excluding hydrogens is 148 g/mol. The first-order valence-electron chi connectivity index (χ1n) is 2.75. The number of rotatable bonds is 2. The second-order valence-corrected chi connectivity index (χ2v) is 1.38. The maximum absolute atomic E-state index is 9.51. The molecule has 0 aliphatic heterocycles. The molecular formula is C7H10O4. The molecule has 0 radical (unpaired) electrons. The van der Waals surface area contributed by atoms with Gasteiger partial charge in [-0.15, -0.1) is 0 Å². The van der Waals surface area contributed by atoms with Crippen LogP contribution in [0.4, 0.5) is 0 Å². The fourth-order valence-electron chi connectivity index (χ4n) is 0.143. The highest BCUT2D eigenvalue weighted by Crippen LogP contribution is 1.65. The van der Waals surface area contributed by atoms with Gasteiger partial charge < -0.3 is 10.2 Å². The molecule has 4 nitrogen and oxygen atoms in total. The molecule has 0 saturated carbocycles. The summed E-state index contributed by atoms with van der Waals surface area (Å²) >= 11 is 0. The van der Waals surface area contributed by atoms with Gasteiger partial charge in [-0.1, -0.05) is 12.7 Å². The van der Waals surface area contributed by atoms with Gasteiger partial charge in [0, 0.05) is 12.2 Å². The molecule has 62 valence electrons. The lowest BCUT2D eigenvalue weighted by atomic mass is 10.5. The van der Waals surface area contributed by atoms with Crippen molar-refractivity contribution < 1.29 is 19.8 Å². The average molecular weight is 158 g/mol. The second-order valence-electron chi connectivity index (χ2n) is 1.38. The monoisotopic (exact) mass is 158 g/mol. The zero-order chi connectivity index (χ0) is 9.28. The first-order valence-corrected chi connectivity index (χ1v) is 2.75. The molecule has 11 heavy (non-hydrogen) atoms. The second kappa shape index (κ2) is 8.42. The zero-order valence-corrected chi connectivity index (χ0v) is 6.15. The molecule has 0 bridgehead atoms. The molecule has 0 atom stereocenters. The fraction of sp³-hybridized carbons (Fsp3) is 0.143. The Morgan fingerprint density at radius 3 is 1.64 bits per heavy atom. The highest BCUT2D eigenvalue weighted by molar-refractivity contribution is 5.79. The van der Waals surface area contributed by atoms with Crippen LogP contribution < -0.4 is 0 Å². The van der Waals surface area contributed by atoms with Gasteiger partial charge in [-0.25, -0.2) is 9.59 Å². The van der Waals surface area contributed by atoms with Gasteiger partial charge in [-0.2, -0.15) is 0 Å². The molecule has 0 saturated heterocycles. The maximum atomic E-state index is 9.51. The third-order valence-electron chi connectivity index (χ3n) is 0.484. The summed E-state index contributed by atoms with van der Waals surface area (Å²) in [7, 11) is 0. The molecule has 2 N–H and O–H groups in total. The molecule has 0 fully saturated rings. The van der Waals surface area contributed by atoms with Crippen molar-refractivity contribution in [3.05, 3.63) is 24.8 Å². The Hall–Kier alpha value is -1.58. The summed E-state index contributed by atoms with van der Waals surface area (Å²) in [6, 6.07) is 0. The number of aliphatic carboxylic acids is 2. The molecule has 0 unspecified atom stereocenters. The van der Waals surface area contributed by atoms with E-state index in [0.717, 1.165) is 12.2 Å². The minimum absolute atomic E-state index is 0.833. The minimum atomic E-state index is -0.981. The predicted octanol–water partition coefficient (Wildman–Crippen LogP) is 0.904. The minimum Gasteiger partial charge on any atom is -0.478 e. The Morgan fingerprint density at radius 2 is 1.64 bits per heavy atom. The predicted molar refractivity (Wildman–Crippen MR) is 40.3 cm³/mol. The maximum Gasteiger partial charge on any atom is 0.327 e. The summed E-state index contributed by atoms with van der Waals surface area (Å²) in [4.78, 5) is 18.8. The van der Waals surface area contributed by atoms with Crippen LogP contribution in [-0.2, 0) is 9.59 Å². The van der Waals surface area contributed by atoms with Crippen molar-refractivity contribution in [2.24, 2.45) is 0 Å². The fourth-order valence-corrected chi connectivity index (χ4v) is 0.143. The number of allylic oxidation sites excluding steroid dienone is 1. The topological polar surface area (TPSA) is 74.6 Å². The highest BCUT2D eigenvalue weighted by Gasteiger charge is 1.76. The van der Waals surface area contributed by atoms with Gasteiger partial charge in [0.2, 0.25) is 0 Å². The van der Waals surface area contributed by atoms with Gasteiger partial charge >= 0.3 is 11.9 Å². The number of hydrogen-bond acceptors (Lipinski definition) is 2. The first kappa shape index (κ1) is 12.1. The average Bonchev–Trinajstić information content (AvgIpc) is 1.89. The largest absolute Gasteiger partial charge is 0.478 e. The van der Waals surface area contributed by atoms with Crippen LogP contribution in [0.1, 0.15) is 6.92 Å². The Balaban J connectivity index is 0. The normalized spacial score (nSPS) is 8.09. The van der Waals surface area contributed by atoms with Crippen LogP contribution in [0.25, 0.3) is 0 Å². The van der Waals surface area contributed by atoms with E-state index in [2.05, 4.69) is 6.58 Å². The van der Waals surface area contributed by atoms with Crippen LogP contribution in [-0.4, -0.2) is 22.2 Å². The molecule has 0 aromatic carbocycles. The van der Waals surface area contributed by atoms with Crippen LogP contribution in [0.3, 0.4) is 0 Å². The van der Waals surface area contributed by atoms with Crippen LogP contribution in [0.2, 0.25) is 0 Å². The van der Waals surface area contributed by atoms with Crippen LogP contribution in [0.5, 0.6) is 0 Å². The van der Waals surface area contributed by atoms with E-state index < -0.39 is 11.9 Å². The van der Waals surface area contributed by atoms with Crippen LogP contribution in [0, 0.1) is 0 Å². The summed E-state index contributed by atoms with van der Waals surface area (Å²) < 4.78 is 0. The molecule has 0 aromatic heterocycles. The molecule has 4 heteroatoms. The van der Waals surface area contributed by atoms with E-state index in [1.807, 2.05) is 0 Å². The van der Waals surface area contributed by atoms with E-state index in [1.165, 1.54) is 6.08 Å². The van der Waals surface area contributed by atoms with Gasteiger partial charge in [0.15, 0.2) is 0 Å². The Kier molecular flexibility index (Phi) is 9.29. The van der Waals surface area contributed by atoms with Crippen molar-refractivity contribution in [1.82, 2.24) is 0 Å². The lowest BCUT2D eigenvalue weighted by Gasteiger charge is -1.68. The van der Waals surface area contributed by atoms with Crippen molar-refractivity contribution in [3.63, 3.8) is 0 Å². The van der Waals surface area contributed by atoms with Gasteiger partial charge in [0.05, 0.1) is 0 Å². The number of carbonyl (C=O) groups is 2. The summed E-state index contributed by atoms with van der Waals surface area (Å²) in [5.41, 5.74) is 0. The van der Waals surface area contributed by atoms with E-state index in [0.29, 0.717) is 0 Å². The van der Waals surface area contributed by atoms with E-state index in [-0.39, 0.29) is 0 Å². The molecule has 0 rings (SSSR count). The van der Waals surface area contributed by atoms with Gasteiger partial charge in [0.25, 0.3) is 0 Å². The SMILES string of the molecule is C/C=C/C(=O)O.C=CC(=O)O. The Morgan fingerprint density at radius 1 is 1.27 bits per heavy atom. The Labute approximate surface area is 64.5 Å². The molecule has 0 spiro atoms. The molecule has 0 heterocycles. The van der Waals surface area contributed by atoms with Crippen molar-refractivity contribution in [2.45, 2.75) is 6.92 Å². The van der Waals surface area contributed by atoms with Crippen molar-refractivity contribution in [2.75, 3.05) is 0 Å². The van der Waals surface area contributed by atoms with E-state index in [9.17, 15) is 9.59 Å². The van der Waals surface area contributed by atoms with Crippen LogP contribution in [0.15, 0.2) is 24.8 Å². The third-order valence-corrected chi connectivity index (χ3v) is 0.484. The van der Waals surface area contributed by atoms with Gasteiger partial charge in [0.1, 0.15) is 0 Å². The lowest BCUT2D eigenvalue weighted by molar-refractivity contribution is -0.132. The molecule has 0 aliphatic rings. The van der Waals surface area contributed by atoms with Crippen molar-refractivity contribution >= 4 is 11.9 Å². The molecule has 0 aliphatic carbocycles. The lowest BCUT2D eigenvalue weighted by Crippen LogP contribution is -1.83.